The zero-order valence-electron chi connectivity index (χ0n) is 29.1. The van der Waals surface area contributed by atoms with Crippen molar-refractivity contribution in [2.45, 2.75) is 116 Å². The Bertz CT molecular complexity index is 1650. The zero-order chi connectivity index (χ0) is 35.8. The Balaban J connectivity index is 1.54. The van der Waals surface area contributed by atoms with Gasteiger partial charge < -0.3 is 39.5 Å². The number of amidine groups is 1. The number of aromatic hydroxyl groups is 2. The molecule has 6 atom stereocenters. The lowest BCUT2D eigenvalue weighted by atomic mass is 9.72. The molecule has 266 valence electrons. The predicted octanol–water partition coefficient (Wildman–Crippen LogP) is 4.39. The molecular weight excluding hydrogens is 632 g/mol. The first-order valence-electron chi connectivity index (χ1n) is 17.2. The third kappa shape index (κ3) is 6.71. The molecule has 1 heterocycles. The van der Waals surface area contributed by atoms with Crippen LogP contribution < -0.4 is 4.74 Å². The van der Waals surface area contributed by atoms with Crippen LogP contribution in [0.2, 0.25) is 0 Å². The maximum absolute atomic E-state index is 13.9. The summed E-state index contributed by atoms with van der Waals surface area (Å²) in [6, 6.07) is 3.88. The van der Waals surface area contributed by atoms with E-state index in [1.54, 1.807) is 6.92 Å². The zero-order valence-corrected chi connectivity index (χ0v) is 29.1. The van der Waals surface area contributed by atoms with Crippen molar-refractivity contribution in [3.63, 3.8) is 0 Å². The van der Waals surface area contributed by atoms with Crippen LogP contribution in [0.4, 0.5) is 0 Å². The van der Waals surface area contributed by atoms with E-state index in [1.807, 2.05) is 6.92 Å². The molecule has 0 amide bonds. The van der Waals surface area contributed by atoms with Crippen LogP contribution in [0.15, 0.2) is 23.2 Å². The minimum absolute atomic E-state index is 0.00932. The first-order valence-corrected chi connectivity index (χ1v) is 17.2. The number of methoxy groups -OCH3 is 1. The van der Waals surface area contributed by atoms with E-state index < -0.39 is 82.6 Å². The molecule has 2 aliphatic carbocycles. The van der Waals surface area contributed by atoms with E-state index in [-0.39, 0.29) is 40.8 Å². The van der Waals surface area contributed by atoms with E-state index in [0.29, 0.717) is 0 Å². The molecular formula is C37H48N2O10. The molecule has 4 unspecified atom stereocenters. The van der Waals surface area contributed by atoms with E-state index >= 15 is 0 Å². The van der Waals surface area contributed by atoms with E-state index in [0.717, 1.165) is 44.6 Å². The van der Waals surface area contributed by atoms with Crippen LogP contribution in [0.1, 0.15) is 122 Å². The number of hydrogen-bond acceptors (Lipinski definition) is 11. The van der Waals surface area contributed by atoms with E-state index in [4.69, 9.17) is 19.2 Å². The number of aliphatic hydroxyl groups is 2. The molecule has 4 N–H and O–H groups in total. The monoisotopic (exact) mass is 680 g/mol. The SMILES string of the molecule is CCCCN(CCCC)C(C)=N[C@@H]1CC(O[C@H]2CC(O)(C(C)=O)Cc3c(O)c4c(c(O)c32)C(=O)c2c(OC)cccc2C4=O)OC(C)C1O. The van der Waals surface area contributed by atoms with Crippen molar-refractivity contribution in [1.82, 2.24) is 4.90 Å². The number of phenolic OH excluding ortho intramolecular Hbond substituents is 2. The minimum Gasteiger partial charge on any atom is -0.507 e. The summed E-state index contributed by atoms with van der Waals surface area (Å²) < 4.78 is 17.8. The average molecular weight is 681 g/mol. The Morgan fingerprint density at radius 3 is 2.31 bits per heavy atom. The van der Waals surface area contributed by atoms with Crippen LogP contribution >= 0.6 is 0 Å². The molecule has 2 aromatic carbocycles. The van der Waals surface area contributed by atoms with Crippen molar-refractivity contribution in [1.29, 1.82) is 0 Å². The maximum Gasteiger partial charge on any atom is 0.202 e. The first-order chi connectivity index (χ1) is 23.3. The number of fused-ring (bicyclic) bond motifs is 3. The number of aliphatic imine (C=N–C) groups is 1. The number of ether oxygens (including phenoxy) is 3. The molecule has 12 nitrogen and oxygen atoms in total. The van der Waals surface area contributed by atoms with Crippen molar-refractivity contribution < 1.29 is 49.0 Å². The Hall–Kier alpha value is -3.84. The Morgan fingerprint density at radius 2 is 1.69 bits per heavy atom. The molecule has 1 saturated heterocycles. The summed E-state index contributed by atoms with van der Waals surface area (Å²) in [7, 11) is 1.36. The van der Waals surface area contributed by atoms with Gasteiger partial charge in [0.2, 0.25) is 5.78 Å². The summed E-state index contributed by atoms with van der Waals surface area (Å²) in [5.41, 5.74) is -3.01. The highest BCUT2D eigenvalue weighted by atomic mass is 16.7. The topological polar surface area (TPSA) is 175 Å². The van der Waals surface area contributed by atoms with Gasteiger partial charge in [-0.15, -0.1) is 0 Å². The van der Waals surface area contributed by atoms with E-state index in [2.05, 4.69) is 18.7 Å². The minimum atomic E-state index is -2.02. The molecule has 12 heteroatoms. The number of unbranched alkanes of at least 4 members (excludes halogenated alkanes) is 2. The summed E-state index contributed by atoms with van der Waals surface area (Å²) in [6.07, 6.45) is -0.474. The van der Waals surface area contributed by atoms with Crippen LogP contribution in [-0.4, -0.2) is 98.9 Å². The van der Waals surface area contributed by atoms with Gasteiger partial charge >= 0.3 is 0 Å². The second kappa shape index (κ2) is 14.6. The van der Waals surface area contributed by atoms with Crippen LogP contribution in [0.5, 0.6) is 17.2 Å². The van der Waals surface area contributed by atoms with Crippen LogP contribution in [0, 0.1) is 0 Å². The number of hydrogen-bond donors (Lipinski definition) is 4. The molecule has 1 aliphatic heterocycles. The average Bonchev–Trinajstić information content (AvgIpc) is 3.06. The molecule has 0 spiro atoms. The fourth-order valence-corrected chi connectivity index (χ4v) is 7.18. The number of benzene rings is 2. The largest absolute Gasteiger partial charge is 0.507 e. The van der Waals surface area contributed by atoms with E-state index in [9.17, 15) is 34.8 Å². The highest BCUT2D eigenvalue weighted by Gasteiger charge is 2.49. The molecule has 0 bridgehead atoms. The molecule has 3 aliphatic rings. The molecule has 0 saturated carbocycles. The molecule has 2 aromatic rings. The Morgan fingerprint density at radius 1 is 1.04 bits per heavy atom. The molecule has 0 aromatic heterocycles. The van der Waals surface area contributed by atoms with Crippen molar-refractivity contribution in [3.05, 3.63) is 51.6 Å². The van der Waals surface area contributed by atoms with Gasteiger partial charge in [0.05, 0.1) is 47.9 Å². The highest BCUT2D eigenvalue weighted by Crippen LogP contribution is 2.52. The van der Waals surface area contributed by atoms with Gasteiger partial charge in [0, 0.05) is 49.0 Å². The van der Waals surface area contributed by atoms with Crippen LogP contribution in [0.3, 0.4) is 0 Å². The fraction of sp³-hybridized carbons (Fsp3) is 0.568. The first kappa shape index (κ1) is 36.4. The van der Waals surface area contributed by atoms with Gasteiger partial charge in [-0.05, 0) is 39.7 Å². The Kier molecular flexibility index (Phi) is 10.8. The lowest BCUT2D eigenvalue weighted by molar-refractivity contribution is -0.247. The standard InChI is InChI=1S/C37H48N2O10/c1-7-9-14-39(15-10-8-2)21(5)38-24-16-27(48-19(3)32(24)41)49-26-18-37(46,20(4)40)17-23-29(26)36(45)31-30(34(23)43)33(42)22-12-11-13-25(47-6)28(22)35(31)44/h11-13,19,24,26-27,32,41,43,45-46H,7-10,14-18H2,1-6H3/t19?,24-,26+,27?,32?,37?/m1/s1. The van der Waals surface area contributed by atoms with Crippen LogP contribution in [0.25, 0.3) is 0 Å². The van der Waals surface area contributed by atoms with Gasteiger partial charge in [0.1, 0.15) is 29.0 Å². The normalized spacial score (nSPS) is 26.5. The van der Waals surface area contributed by atoms with Gasteiger partial charge in [0.25, 0.3) is 0 Å². The predicted molar refractivity (Wildman–Crippen MR) is 181 cm³/mol. The van der Waals surface area contributed by atoms with Crippen LogP contribution in [-0.2, 0) is 20.7 Å². The quantitative estimate of drug-likeness (QED) is 0.128. The Labute approximate surface area is 286 Å². The second-order valence-electron chi connectivity index (χ2n) is 13.4. The summed E-state index contributed by atoms with van der Waals surface area (Å²) >= 11 is 0. The second-order valence-corrected chi connectivity index (χ2v) is 13.4. The van der Waals surface area contributed by atoms with E-state index in [1.165, 1.54) is 32.2 Å². The number of rotatable bonds is 11. The third-order valence-electron chi connectivity index (χ3n) is 10.1. The van der Waals surface area contributed by atoms with Gasteiger partial charge in [0.15, 0.2) is 17.9 Å². The summed E-state index contributed by atoms with van der Waals surface area (Å²) in [6.45, 7) is 10.8. The summed E-state index contributed by atoms with van der Waals surface area (Å²) in [5.74, 6) is -2.33. The van der Waals surface area contributed by atoms with Gasteiger partial charge in [-0.3, -0.25) is 19.4 Å². The number of nitrogens with zero attached hydrogens (tertiary/aromatic N) is 2. The van der Waals surface area contributed by atoms with Gasteiger partial charge in [-0.1, -0.05) is 38.8 Å². The number of carbonyl (C=O) groups is 3. The van der Waals surface area contributed by atoms with Gasteiger partial charge in [-0.25, -0.2) is 0 Å². The number of aliphatic hydroxyl groups excluding tert-OH is 1. The molecule has 5 rings (SSSR count). The van der Waals surface area contributed by atoms with Crippen molar-refractivity contribution in [3.8, 4) is 17.2 Å². The highest BCUT2D eigenvalue weighted by molar-refractivity contribution is 6.31. The molecule has 0 radical (unpaired) electrons. The third-order valence-corrected chi connectivity index (χ3v) is 10.1. The number of carbonyl (C=O) groups excluding carboxylic acids is 3. The maximum atomic E-state index is 13.9. The van der Waals surface area contributed by atoms with Crippen molar-refractivity contribution in [2.24, 2.45) is 4.99 Å². The molecule has 49 heavy (non-hydrogen) atoms. The number of phenols is 2. The lowest BCUT2D eigenvalue weighted by Gasteiger charge is -2.42. The van der Waals surface area contributed by atoms with Crippen molar-refractivity contribution in [2.75, 3.05) is 20.2 Å². The summed E-state index contributed by atoms with van der Waals surface area (Å²) in [4.78, 5) is 47.6. The fourth-order valence-electron chi connectivity index (χ4n) is 7.18. The molecule has 1 fully saturated rings. The number of Topliss-reactive ketones (excluding diaryl/α,β-unsaturated/α-hetero) is 1. The van der Waals surface area contributed by atoms with Crippen molar-refractivity contribution >= 4 is 23.2 Å². The number of ketones is 3. The summed E-state index contributed by atoms with van der Waals surface area (Å²) in [5, 5.41) is 46.0. The lowest BCUT2D eigenvalue weighted by Crippen LogP contribution is -2.49. The smallest absolute Gasteiger partial charge is 0.202 e. The van der Waals surface area contributed by atoms with Gasteiger partial charge in [-0.2, -0.15) is 0 Å².